The van der Waals surface area contributed by atoms with E-state index in [2.05, 4.69) is 19.9 Å². The molecule has 8 nitrogen and oxygen atoms in total. The maximum atomic E-state index is 13.0. The van der Waals surface area contributed by atoms with Gasteiger partial charge in [-0.1, -0.05) is 0 Å². The van der Waals surface area contributed by atoms with Gasteiger partial charge in [0.15, 0.2) is 5.65 Å². The van der Waals surface area contributed by atoms with E-state index in [9.17, 15) is 14.0 Å². The average Bonchev–Trinajstić information content (AvgIpc) is 3.10. The molecule has 4 rings (SSSR count). The van der Waals surface area contributed by atoms with E-state index in [1.165, 1.54) is 36.8 Å². The van der Waals surface area contributed by atoms with Gasteiger partial charge in [-0.3, -0.25) is 14.3 Å². The van der Waals surface area contributed by atoms with Gasteiger partial charge in [-0.2, -0.15) is 4.98 Å². The molecule has 0 fully saturated rings. The lowest BCUT2D eigenvalue weighted by Gasteiger charge is -2.07. The summed E-state index contributed by atoms with van der Waals surface area (Å²) in [5.74, 6) is -0.188. The first-order chi connectivity index (χ1) is 11.6. The maximum Gasteiger partial charge on any atom is 0.334 e. The highest BCUT2D eigenvalue weighted by molar-refractivity contribution is 5.72. The first kappa shape index (κ1) is 14.0. The molecule has 0 aliphatic carbocycles. The molecule has 118 valence electrons. The molecule has 9 heteroatoms. The molecule has 0 amide bonds. The topological polar surface area (TPSA) is 98.5 Å². The van der Waals surface area contributed by atoms with Crippen LogP contribution in [0.1, 0.15) is 0 Å². The normalized spacial score (nSPS) is 11.0. The summed E-state index contributed by atoms with van der Waals surface area (Å²) in [6, 6.07) is 5.03. The van der Waals surface area contributed by atoms with Crippen LogP contribution in [0.3, 0.4) is 0 Å². The highest BCUT2D eigenvalue weighted by atomic mass is 19.1. The van der Waals surface area contributed by atoms with Crippen LogP contribution in [0.4, 0.5) is 4.39 Å². The van der Waals surface area contributed by atoms with Crippen molar-refractivity contribution < 1.29 is 4.39 Å². The number of aromatic amines is 1. The van der Waals surface area contributed by atoms with Crippen molar-refractivity contribution in [3.8, 4) is 11.6 Å². The van der Waals surface area contributed by atoms with Crippen LogP contribution in [0.15, 0.2) is 58.8 Å². The van der Waals surface area contributed by atoms with Crippen LogP contribution < -0.4 is 11.2 Å². The molecule has 0 radical (unpaired) electrons. The zero-order valence-corrected chi connectivity index (χ0v) is 12.0. The molecule has 0 aliphatic rings. The Kier molecular flexibility index (Phi) is 3.05. The third-order valence-electron chi connectivity index (χ3n) is 3.46. The molecule has 3 heterocycles. The van der Waals surface area contributed by atoms with E-state index in [1.54, 1.807) is 17.0 Å². The van der Waals surface area contributed by atoms with E-state index >= 15 is 0 Å². The van der Waals surface area contributed by atoms with Crippen LogP contribution in [0, 0.1) is 5.82 Å². The maximum absolute atomic E-state index is 13.0. The van der Waals surface area contributed by atoms with Crippen molar-refractivity contribution in [2.45, 2.75) is 0 Å². The van der Waals surface area contributed by atoms with E-state index in [1.807, 2.05) is 0 Å². The third kappa shape index (κ3) is 2.19. The fraction of sp³-hybridized carbons (Fsp3) is 0. The molecule has 1 N–H and O–H groups in total. The summed E-state index contributed by atoms with van der Waals surface area (Å²) < 4.78 is 15.5. The number of nitrogens with zero attached hydrogens (tertiary/aromatic N) is 5. The first-order valence-electron chi connectivity index (χ1n) is 6.90. The number of H-pyrrole nitrogens is 1. The number of hydrogen-bond acceptors (Lipinski definition) is 5. The predicted molar refractivity (Wildman–Crippen MR) is 82.8 cm³/mol. The summed E-state index contributed by atoms with van der Waals surface area (Å²) in [7, 11) is 0. The van der Waals surface area contributed by atoms with Crippen molar-refractivity contribution >= 4 is 11.0 Å². The minimum absolute atomic E-state index is 0.113. The molecular formula is C15H9FN6O2. The van der Waals surface area contributed by atoms with Crippen LogP contribution >= 0.6 is 0 Å². The van der Waals surface area contributed by atoms with Crippen molar-refractivity contribution in [1.29, 1.82) is 0 Å². The van der Waals surface area contributed by atoms with E-state index in [0.29, 0.717) is 0 Å². The van der Waals surface area contributed by atoms with E-state index in [-0.39, 0.29) is 22.7 Å². The Morgan fingerprint density at radius 2 is 1.92 bits per heavy atom. The zero-order chi connectivity index (χ0) is 16.7. The second-order valence-electron chi connectivity index (χ2n) is 4.95. The van der Waals surface area contributed by atoms with Crippen molar-refractivity contribution in [2.24, 2.45) is 0 Å². The van der Waals surface area contributed by atoms with Crippen molar-refractivity contribution in [3.63, 3.8) is 0 Å². The van der Waals surface area contributed by atoms with E-state index < -0.39 is 17.1 Å². The van der Waals surface area contributed by atoms with Crippen molar-refractivity contribution in [3.05, 3.63) is 75.8 Å². The van der Waals surface area contributed by atoms with Gasteiger partial charge >= 0.3 is 5.69 Å². The van der Waals surface area contributed by atoms with Gasteiger partial charge < -0.3 is 0 Å². The smallest absolute Gasteiger partial charge is 0.291 e. The molecule has 24 heavy (non-hydrogen) atoms. The Hall–Kier alpha value is -3.62. The predicted octanol–water partition coefficient (Wildman–Crippen LogP) is 0.794. The number of nitrogens with one attached hydrogen (secondary N) is 1. The third-order valence-corrected chi connectivity index (χ3v) is 3.46. The van der Waals surface area contributed by atoms with Gasteiger partial charge in [0.1, 0.15) is 17.5 Å². The number of benzene rings is 1. The Morgan fingerprint density at radius 3 is 2.62 bits per heavy atom. The number of halogens is 1. The number of imidazole rings is 1. The molecule has 0 saturated heterocycles. The highest BCUT2D eigenvalue weighted by Gasteiger charge is 2.12. The summed E-state index contributed by atoms with van der Waals surface area (Å²) in [6.07, 6.45) is 6.02. The Labute approximate surface area is 132 Å². The summed E-state index contributed by atoms with van der Waals surface area (Å²) in [5, 5.41) is 0.141. The SMILES string of the molecule is O=c1[nH]c2nc(-n3ccnc3)ncc2c(=O)n1-c1ccc(F)cc1. The molecule has 1 aromatic carbocycles. The first-order valence-corrected chi connectivity index (χ1v) is 6.90. The second-order valence-corrected chi connectivity index (χ2v) is 4.95. The largest absolute Gasteiger partial charge is 0.334 e. The van der Waals surface area contributed by atoms with Gasteiger partial charge in [0.25, 0.3) is 5.56 Å². The summed E-state index contributed by atoms with van der Waals surface area (Å²) in [4.78, 5) is 39.6. The van der Waals surface area contributed by atoms with Crippen LogP contribution in [0.2, 0.25) is 0 Å². The van der Waals surface area contributed by atoms with Gasteiger partial charge in [-0.15, -0.1) is 0 Å². The molecule has 3 aromatic heterocycles. The molecular weight excluding hydrogens is 315 g/mol. The molecule has 0 saturated carbocycles. The van der Waals surface area contributed by atoms with E-state index in [4.69, 9.17) is 0 Å². The van der Waals surface area contributed by atoms with Crippen molar-refractivity contribution in [1.82, 2.24) is 29.1 Å². The summed E-state index contributed by atoms with van der Waals surface area (Å²) in [6.45, 7) is 0. The average molecular weight is 324 g/mol. The molecule has 0 aliphatic heterocycles. The number of fused-ring (bicyclic) bond motifs is 1. The summed E-state index contributed by atoms with van der Waals surface area (Å²) >= 11 is 0. The monoisotopic (exact) mass is 324 g/mol. The minimum atomic E-state index is -0.672. The lowest BCUT2D eigenvalue weighted by molar-refractivity contribution is 0.627. The fourth-order valence-corrected chi connectivity index (χ4v) is 2.32. The number of rotatable bonds is 2. The summed E-state index contributed by atoms with van der Waals surface area (Å²) in [5.41, 5.74) is -0.891. The zero-order valence-electron chi connectivity index (χ0n) is 12.0. The molecule has 0 bridgehead atoms. The lowest BCUT2D eigenvalue weighted by atomic mass is 10.3. The lowest BCUT2D eigenvalue weighted by Crippen LogP contribution is -2.34. The van der Waals surface area contributed by atoms with Crippen LogP contribution in [-0.4, -0.2) is 29.1 Å². The van der Waals surface area contributed by atoms with Gasteiger partial charge in [0.05, 0.1) is 5.69 Å². The molecule has 0 atom stereocenters. The van der Waals surface area contributed by atoms with Gasteiger partial charge in [0.2, 0.25) is 5.95 Å². The number of aromatic nitrogens is 6. The van der Waals surface area contributed by atoms with Gasteiger partial charge in [-0.05, 0) is 24.3 Å². The molecule has 0 unspecified atom stereocenters. The van der Waals surface area contributed by atoms with E-state index in [0.717, 1.165) is 4.57 Å². The van der Waals surface area contributed by atoms with Crippen LogP contribution in [0.5, 0.6) is 0 Å². The van der Waals surface area contributed by atoms with Gasteiger partial charge in [0, 0.05) is 18.6 Å². The Bertz CT molecular complexity index is 1150. The highest BCUT2D eigenvalue weighted by Crippen LogP contribution is 2.08. The quantitative estimate of drug-likeness (QED) is 0.588. The van der Waals surface area contributed by atoms with Gasteiger partial charge in [-0.25, -0.2) is 23.7 Å². The second kappa shape index (κ2) is 5.23. The fourth-order valence-electron chi connectivity index (χ4n) is 2.32. The van der Waals surface area contributed by atoms with Crippen LogP contribution in [-0.2, 0) is 0 Å². The standard InChI is InChI=1S/C15H9FN6O2/c16-9-1-3-10(4-2-9)22-13(23)11-7-18-14(21-6-5-17-8-21)19-12(11)20-15(22)24/h1-8H,(H,18,19,20,24). The van der Waals surface area contributed by atoms with Crippen LogP contribution in [0.25, 0.3) is 22.7 Å². The molecule has 4 aromatic rings. The Balaban J connectivity index is 1.95. The van der Waals surface area contributed by atoms with Crippen molar-refractivity contribution in [2.75, 3.05) is 0 Å². The molecule has 0 spiro atoms. The minimum Gasteiger partial charge on any atom is -0.291 e. The number of hydrogen-bond donors (Lipinski definition) is 1. The Morgan fingerprint density at radius 1 is 1.12 bits per heavy atom.